The van der Waals surface area contributed by atoms with E-state index in [1.54, 1.807) is 0 Å². The van der Waals surface area contributed by atoms with Crippen molar-refractivity contribution in [3.63, 3.8) is 0 Å². The van der Waals surface area contributed by atoms with Gasteiger partial charge in [0, 0.05) is 5.37 Å². The van der Waals surface area contributed by atoms with E-state index in [1.165, 1.54) is 0 Å². The minimum atomic E-state index is 0.279. The SMILES string of the molecule is C=S(C)C(C)NC. The van der Waals surface area contributed by atoms with Gasteiger partial charge in [-0.05, 0) is 20.2 Å². The lowest BCUT2D eigenvalue weighted by atomic mass is 10.8. The average molecular weight is 119 g/mol. The summed E-state index contributed by atoms with van der Waals surface area (Å²) in [7, 11) is 2.24. The minimum Gasteiger partial charge on any atom is -0.309 e. The van der Waals surface area contributed by atoms with Crippen LogP contribution in [0.3, 0.4) is 0 Å². The molecule has 0 aromatic rings. The maximum absolute atomic E-state index is 3.87. The molecular formula is C5H13NS. The van der Waals surface area contributed by atoms with E-state index >= 15 is 0 Å². The second kappa shape index (κ2) is 3.22. The van der Waals surface area contributed by atoms with E-state index in [2.05, 4.69) is 24.4 Å². The largest absolute Gasteiger partial charge is 0.309 e. The molecule has 0 amide bonds. The lowest BCUT2D eigenvalue weighted by Gasteiger charge is -2.08. The van der Waals surface area contributed by atoms with Crippen molar-refractivity contribution in [1.29, 1.82) is 0 Å². The van der Waals surface area contributed by atoms with Gasteiger partial charge in [0.1, 0.15) is 0 Å². The Morgan fingerprint density at radius 1 is 1.71 bits per heavy atom. The van der Waals surface area contributed by atoms with Crippen LogP contribution in [0, 0.1) is 0 Å². The van der Waals surface area contributed by atoms with Crippen LogP contribution >= 0.6 is 10.5 Å². The van der Waals surface area contributed by atoms with Crippen molar-refractivity contribution in [2.45, 2.75) is 12.3 Å². The molecule has 0 radical (unpaired) electrons. The molecular weight excluding hydrogens is 106 g/mol. The summed E-state index contributed by atoms with van der Waals surface area (Å²) in [5.41, 5.74) is 0. The van der Waals surface area contributed by atoms with Crippen molar-refractivity contribution >= 4 is 16.4 Å². The molecule has 1 nitrogen and oxygen atoms in total. The topological polar surface area (TPSA) is 12.0 Å². The summed E-state index contributed by atoms with van der Waals surface area (Å²) in [4.78, 5) is 0. The summed E-state index contributed by atoms with van der Waals surface area (Å²) in [5, 5.41) is 3.68. The maximum Gasteiger partial charge on any atom is 0.0443 e. The van der Waals surface area contributed by atoms with Gasteiger partial charge in [-0.1, -0.05) is 5.87 Å². The normalized spacial score (nSPS) is 18.7. The first-order valence-electron chi connectivity index (χ1n) is 2.30. The second-order valence-corrected chi connectivity index (χ2v) is 3.71. The molecule has 0 aliphatic carbocycles. The van der Waals surface area contributed by atoms with Crippen LogP contribution in [0.4, 0.5) is 0 Å². The first-order chi connectivity index (χ1) is 3.18. The Morgan fingerprint density at radius 3 is 2.14 bits per heavy atom. The molecule has 0 heterocycles. The van der Waals surface area contributed by atoms with Gasteiger partial charge >= 0.3 is 0 Å². The Hall–Kier alpha value is 0.180. The minimum absolute atomic E-state index is 0.279. The summed E-state index contributed by atoms with van der Waals surface area (Å²) in [5.74, 6) is 3.87. The maximum atomic E-state index is 3.87. The third-order valence-electron chi connectivity index (χ3n) is 1.01. The number of nitrogens with one attached hydrogen (secondary N) is 1. The van der Waals surface area contributed by atoms with Gasteiger partial charge in [0.2, 0.25) is 0 Å². The molecule has 2 atom stereocenters. The quantitative estimate of drug-likeness (QED) is 0.532. The molecule has 2 unspecified atom stereocenters. The number of rotatable bonds is 2. The molecule has 0 saturated carbocycles. The molecule has 1 N–H and O–H groups in total. The Labute approximate surface area is 48.0 Å². The number of hydrogen-bond donors (Lipinski definition) is 1. The predicted molar refractivity (Wildman–Crippen MR) is 39.2 cm³/mol. The fraction of sp³-hybridized carbons (Fsp3) is 0.800. The van der Waals surface area contributed by atoms with Gasteiger partial charge in [-0.2, -0.15) is 10.5 Å². The van der Waals surface area contributed by atoms with Crippen LogP contribution in [0.5, 0.6) is 0 Å². The van der Waals surface area contributed by atoms with Crippen LogP contribution in [-0.2, 0) is 0 Å². The van der Waals surface area contributed by atoms with E-state index in [0.29, 0.717) is 5.37 Å². The standard InChI is InChI=1S/C5H13NS/c1-5(6-2)7(3)4/h5-6H,3H2,1-2,4H3. The van der Waals surface area contributed by atoms with Gasteiger partial charge in [-0.25, -0.2) is 0 Å². The fourth-order valence-electron chi connectivity index (χ4n) is 0.201. The molecule has 7 heavy (non-hydrogen) atoms. The smallest absolute Gasteiger partial charge is 0.0443 e. The molecule has 44 valence electrons. The molecule has 0 saturated heterocycles. The van der Waals surface area contributed by atoms with E-state index in [1.807, 2.05) is 7.05 Å². The van der Waals surface area contributed by atoms with Crippen LogP contribution in [0.2, 0.25) is 0 Å². The third-order valence-corrected chi connectivity index (χ3v) is 2.45. The zero-order valence-electron chi connectivity index (χ0n) is 5.19. The average Bonchev–Trinajstić information content (AvgIpc) is 1.65. The van der Waals surface area contributed by atoms with Crippen molar-refractivity contribution in [2.24, 2.45) is 0 Å². The third kappa shape index (κ3) is 2.83. The molecule has 0 aliphatic rings. The molecule has 0 aliphatic heterocycles. The highest BCUT2D eigenvalue weighted by molar-refractivity contribution is 8.14. The number of hydrogen-bond acceptors (Lipinski definition) is 1. The molecule has 0 rings (SSSR count). The van der Waals surface area contributed by atoms with Gasteiger partial charge in [-0.3, -0.25) is 0 Å². The van der Waals surface area contributed by atoms with Crippen molar-refractivity contribution in [3.8, 4) is 0 Å². The van der Waals surface area contributed by atoms with E-state index in [4.69, 9.17) is 0 Å². The van der Waals surface area contributed by atoms with E-state index < -0.39 is 0 Å². The summed E-state index contributed by atoms with van der Waals surface area (Å²) in [6.45, 7) is 2.14. The van der Waals surface area contributed by atoms with Crippen molar-refractivity contribution in [1.82, 2.24) is 5.32 Å². The summed E-state index contributed by atoms with van der Waals surface area (Å²) < 4.78 is 0. The summed E-state index contributed by atoms with van der Waals surface area (Å²) in [6.07, 6.45) is 2.13. The second-order valence-electron chi connectivity index (χ2n) is 1.62. The van der Waals surface area contributed by atoms with Crippen LogP contribution < -0.4 is 5.32 Å². The molecule has 0 spiro atoms. The zero-order chi connectivity index (χ0) is 5.86. The van der Waals surface area contributed by atoms with Crippen LogP contribution in [0.1, 0.15) is 6.92 Å². The van der Waals surface area contributed by atoms with Gasteiger partial charge in [0.15, 0.2) is 0 Å². The first-order valence-corrected chi connectivity index (χ1v) is 4.16. The van der Waals surface area contributed by atoms with Crippen LogP contribution in [0.25, 0.3) is 0 Å². The Kier molecular flexibility index (Phi) is 3.30. The molecule has 2 heteroatoms. The highest BCUT2D eigenvalue weighted by atomic mass is 32.2. The highest BCUT2D eigenvalue weighted by Crippen LogP contribution is 2.06. The van der Waals surface area contributed by atoms with E-state index in [-0.39, 0.29) is 10.5 Å². The Morgan fingerprint density at radius 2 is 2.14 bits per heavy atom. The zero-order valence-corrected chi connectivity index (χ0v) is 6.01. The monoisotopic (exact) mass is 119 g/mol. The van der Waals surface area contributed by atoms with Gasteiger partial charge in [0.05, 0.1) is 0 Å². The van der Waals surface area contributed by atoms with Crippen molar-refractivity contribution < 1.29 is 0 Å². The van der Waals surface area contributed by atoms with Gasteiger partial charge in [-0.15, -0.1) is 0 Å². The van der Waals surface area contributed by atoms with Crippen molar-refractivity contribution in [2.75, 3.05) is 13.3 Å². The lowest BCUT2D eigenvalue weighted by molar-refractivity contribution is 0.807. The predicted octanol–water partition coefficient (Wildman–Crippen LogP) is 0.883. The Bertz CT molecular complexity index is 70.5. The van der Waals surface area contributed by atoms with Crippen molar-refractivity contribution in [3.05, 3.63) is 0 Å². The fourth-order valence-corrected chi connectivity index (χ4v) is 0.604. The lowest BCUT2D eigenvalue weighted by Crippen LogP contribution is -2.17. The first kappa shape index (κ1) is 7.18. The van der Waals surface area contributed by atoms with E-state index in [0.717, 1.165) is 0 Å². The van der Waals surface area contributed by atoms with Gasteiger partial charge in [0.25, 0.3) is 0 Å². The molecule has 0 aromatic carbocycles. The Balaban J connectivity index is 3.34. The molecule has 0 fully saturated rings. The van der Waals surface area contributed by atoms with Crippen LogP contribution in [0.15, 0.2) is 0 Å². The molecule has 0 bridgehead atoms. The van der Waals surface area contributed by atoms with Gasteiger partial charge < -0.3 is 5.32 Å². The van der Waals surface area contributed by atoms with Crippen LogP contribution in [-0.4, -0.2) is 24.5 Å². The summed E-state index contributed by atoms with van der Waals surface area (Å²) in [6, 6.07) is 0. The summed E-state index contributed by atoms with van der Waals surface area (Å²) >= 11 is 0. The molecule has 0 aromatic heterocycles. The highest BCUT2D eigenvalue weighted by Gasteiger charge is 1.91. The van der Waals surface area contributed by atoms with E-state index in [9.17, 15) is 0 Å².